The second-order valence-corrected chi connectivity index (χ2v) is 5.38. The molecule has 0 aliphatic carbocycles. The van der Waals surface area contributed by atoms with Crippen LogP contribution in [0.15, 0.2) is 48.5 Å². The van der Waals surface area contributed by atoms with Crippen LogP contribution in [0.4, 0.5) is 14.5 Å². The maximum Gasteiger partial charge on any atom is 0.265 e. The van der Waals surface area contributed by atoms with Gasteiger partial charge in [0.05, 0.1) is 12.1 Å². The molecule has 0 radical (unpaired) electrons. The fourth-order valence-corrected chi connectivity index (χ4v) is 2.49. The van der Waals surface area contributed by atoms with Crippen LogP contribution in [-0.2, 0) is 9.59 Å². The van der Waals surface area contributed by atoms with Gasteiger partial charge in [-0.1, -0.05) is 18.2 Å². The van der Waals surface area contributed by atoms with Crippen LogP contribution in [0.2, 0.25) is 0 Å². The average molecular weight is 345 g/mol. The van der Waals surface area contributed by atoms with Crippen molar-refractivity contribution in [3.05, 3.63) is 65.7 Å². The molecule has 1 saturated heterocycles. The third-order valence-electron chi connectivity index (χ3n) is 3.69. The Morgan fingerprint density at radius 3 is 2.56 bits per heavy atom. The molecule has 3 rings (SSSR count). The Morgan fingerprint density at radius 2 is 1.84 bits per heavy atom. The zero-order chi connectivity index (χ0) is 18.0. The fraction of sp³-hybridized carbons (Fsp3) is 0.118. The molecule has 25 heavy (non-hydrogen) atoms. The highest BCUT2D eigenvalue weighted by atomic mass is 19.1. The SMILES string of the molecule is O=C(NN[C@@H]1CC(=O)N(c2ccccc2F)C1=O)c1cccc(F)c1. The van der Waals surface area contributed by atoms with Gasteiger partial charge in [-0.15, -0.1) is 0 Å². The Hall–Kier alpha value is -3.13. The Labute approximate surface area is 141 Å². The molecule has 0 unspecified atom stereocenters. The highest BCUT2D eigenvalue weighted by molar-refractivity contribution is 6.22. The predicted octanol–water partition coefficient (Wildman–Crippen LogP) is 1.53. The van der Waals surface area contributed by atoms with Crippen LogP contribution in [0.5, 0.6) is 0 Å². The predicted molar refractivity (Wildman–Crippen MR) is 84.3 cm³/mol. The normalized spacial score (nSPS) is 17.0. The van der Waals surface area contributed by atoms with E-state index in [9.17, 15) is 23.2 Å². The number of imide groups is 1. The van der Waals surface area contributed by atoms with Gasteiger partial charge in [0, 0.05) is 5.56 Å². The van der Waals surface area contributed by atoms with Crippen molar-refractivity contribution >= 4 is 23.4 Å². The summed E-state index contributed by atoms with van der Waals surface area (Å²) in [6.45, 7) is 0. The summed E-state index contributed by atoms with van der Waals surface area (Å²) in [5.41, 5.74) is 4.61. The van der Waals surface area contributed by atoms with Gasteiger partial charge in [-0.3, -0.25) is 19.8 Å². The first-order chi connectivity index (χ1) is 12.0. The van der Waals surface area contributed by atoms with E-state index in [1.54, 1.807) is 0 Å². The van der Waals surface area contributed by atoms with Crippen molar-refractivity contribution in [3.63, 3.8) is 0 Å². The topological polar surface area (TPSA) is 78.5 Å². The lowest BCUT2D eigenvalue weighted by Gasteiger charge is -2.16. The third-order valence-corrected chi connectivity index (χ3v) is 3.69. The molecule has 1 aliphatic rings. The number of amides is 3. The Morgan fingerprint density at radius 1 is 1.08 bits per heavy atom. The molecule has 1 atom stereocenters. The van der Waals surface area contributed by atoms with E-state index in [1.165, 1.54) is 36.4 Å². The highest BCUT2D eigenvalue weighted by Gasteiger charge is 2.40. The van der Waals surface area contributed by atoms with Crippen molar-refractivity contribution in [1.82, 2.24) is 10.9 Å². The summed E-state index contributed by atoms with van der Waals surface area (Å²) in [7, 11) is 0. The minimum absolute atomic E-state index is 0.0511. The number of hydrogen-bond acceptors (Lipinski definition) is 4. The summed E-state index contributed by atoms with van der Waals surface area (Å²) >= 11 is 0. The number of hydrogen-bond donors (Lipinski definition) is 2. The number of nitrogens with one attached hydrogen (secondary N) is 2. The molecule has 2 aromatic carbocycles. The van der Waals surface area contributed by atoms with E-state index in [0.29, 0.717) is 0 Å². The molecule has 0 bridgehead atoms. The first-order valence-electron chi connectivity index (χ1n) is 7.40. The molecular weight excluding hydrogens is 332 g/mol. The van der Waals surface area contributed by atoms with Crippen molar-refractivity contribution < 1.29 is 23.2 Å². The minimum Gasteiger partial charge on any atom is -0.287 e. The van der Waals surface area contributed by atoms with Gasteiger partial charge < -0.3 is 0 Å². The van der Waals surface area contributed by atoms with Gasteiger partial charge in [0.2, 0.25) is 5.91 Å². The molecule has 0 aromatic heterocycles. The van der Waals surface area contributed by atoms with E-state index in [0.717, 1.165) is 17.0 Å². The Bertz CT molecular complexity index is 857. The molecule has 2 aromatic rings. The van der Waals surface area contributed by atoms with Crippen LogP contribution in [0.3, 0.4) is 0 Å². The molecule has 0 spiro atoms. The van der Waals surface area contributed by atoms with E-state index >= 15 is 0 Å². The highest BCUT2D eigenvalue weighted by Crippen LogP contribution is 2.25. The van der Waals surface area contributed by atoms with E-state index in [-0.39, 0.29) is 17.7 Å². The lowest BCUT2D eigenvalue weighted by Crippen LogP contribution is -2.48. The lowest BCUT2D eigenvalue weighted by molar-refractivity contribution is -0.121. The number of hydrazine groups is 1. The van der Waals surface area contributed by atoms with Crippen LogP contribution in [0.25, 0.3) is 0 Å². The number of halogens is 2. The molecule has 1 heterocycles. The number of para-hydroxylation sites is 1. The molecule has 1 fully saturated rings. The van der Waals surface area contributed by atoms with Crippen LogP contribution in [0.1, 0.15) is 16.8 Å². The summed E-state index contributed by atoms with van der Waals surface area (Å²) in [5.74, 6) is -3.22. The van der Waals surface area contributed by atoms with Crippen molar-refractivity contribution in [2.24, 2.45) is 0 Å². The van der Waals surface area contributed by atoms with Crippen LogP contribution >= 0.6 is 0 Å². The molecule has 0 saturated carbocycles. The monoisotopic (exact) mass is 345 g/mol. The van der Waals surface area contributed by atoms with Gasteiger partial charge in [0.1, 0.15) is 17.7 Å². The number of anilines is 1. The average Bonchev–Trinajstić information content (AvgIpc) is 2.87. The molecule has 128 valence electrons. The molecule has 3 amide bonds. The van der Waals surface area contributed by atoms with Gasteiger partial charge in [-0.25, -0.2) is 19.1 Å². The zero-order valence-corrected chi connectivity index (χ0v) is 12.8. The van der Waals surface area contributed by atoms with Crippen molar-refractivity contribution in [3.8, 4) is 0 Å². The van der Waals surface area contributed by atoms with Gasteiger partial charge >= 0.3 is 0 Å². The fourth-order valence-electron chi connectivity index (χ4n) is 2.49. The number of rotatable bonds is 4. The van der Waals surface area contributed by atoms with Gasteiger partial charge in [-0.2, -0.15) is 0 Å². The summed E-state index contributed by atoms with van der Waals surface area (Å²) in [6.07, 6.45) is -0.239. The van der Waals surface area contributed by atoms with E-state index in [2.05, 4.69) is 10.9 Å². The molecular formula is C17H13F2N3O3. The minimum atomic E-state index is -1.04. The second kappa shape index (κ2) is 6.78. The first-order valence-corrected chi connectivity index (χ1v) is 7.40. The van der Waals surface area contributed by atoms with E-state index < -0.39 is 35.4 Å². The Balaban J connectivity index is 1.69. The van der Waals surface area contributed by atoms with Crippen LogP contribution in [-0.4, -0.2) is 23.8 Å². The standard InChI is InChI=1S/C17H13F2N3O3/c18-11-5-3-4-10(8-11)16(24)21-20-13-9-15(23)22(17(13)25)14-7-2-1-6-12(14)19/h1-8,13,20H,9H2,(H,21,24)/t13-/m1/s1. The van der Waals surface area contributed by atoms with Crippen molar-refractivity contribution in [2.75, 3.05) is 4.90 Å². The smallest absolute Gasteiger partial charge is 0.265 e. The number of carbonyl (C=O) groups is 3. The summed E-state index contributed by atoms with van der Waals surface area (Å²) in [5, 5.41) is 0. The van der Waals surface area contributed by atoms with Gasteiger partial charge in [0.15, 0.2) is 0 Å². The lowest BCUT2D eigenvalue weighted by atomic mass is 10.2. The Kier molecular flexibility index (Phi) is 4.53. The maximum absolute atomic E-state index is 13.8. The van der Waals surface area contributed by atoms with Gasteiger partial charge in [0.25, 0.3) is 11.8 Å². The summed E-state index contributed by atoms with van der Waals surface area (Å²) in [6, 6.07) is 9.36. The van der Waals surface area contributed by atoms with E-state index in [1.807, 2.05) is 0 Å². The second-order valence-electron chi connectivity index (χ2n) is 5.38. The van der Waals surface area contributed by atoms with Gasteiger partial charge in [-0.05, 0) is 30.3 Å². The number of nitrogens with zero attached hydrogens (tertiary/aromatic N) is 1. The summed E-state index contributed by atoms with van der Waals surface area (Å²) < 4.78 is 26.9. The zero-order valence-electron chi connectivity index (χ0n) is 12.8. The van der Waals surface area contributed by atoms with Crippen molar-refractivity contribution in [1.29, 1.82) is 0 Å². The quantitative estimate of drug-likeness (QED) is 0.651. The number of benzene rings is 2. The molecule has 8 heteroatoms. The van der Waals surface area contributed by atoms with Crippen molar-refractivity contribution in [2.45, 2.75) is 12.5 Å². The molecule has 6 nitrogen and oxygen atoms in total. The first kappa shape index (κ1) is 16.7. The van der Waals surface area contributed by atoms with Crippen LogP contribution < -0.4 is 15.8 Å². The molecule has 1 aliphatic heterocycles. The number of carbonyl (C=O) groups excluding carboxylic acids is 3. The summed E-state index contributed by atoms with van der Waals surface area (Å²) in [4.78, 5) is 37.1. The largest absolute Gasteiger partial charge is 0.287 e. The third kappa shape index (κ3) is 3.38. The van der Waals surface area contributed by atoms with E-state index in [4.69, 9.17) is 0 Å². The molecule has 2 N–H and O–H groups in total. The maximum atomic E-state index is 13.8. The van der Waals surface area contributed by atoms with Crippen LogP contribution in [0, 0.1) is 11.6 Å².